The molecular weight excluding hydrogens is 285 g/mol. The Morgan fingerprint density at radius 3 is 2.65 bits per heavy atom. The number of benzene rings is 1. The Morgan fingerprint density at radius 1 is 1.41 bits per heavy atom. The van der Waals surface area contributed by atoms with E-state index in [4.69, 9.17) is 5.73 Å². The summed E-state index contributed by atoms with van der Waals surface area (Å²) in [6, 6.07) is 5.26. The summed E-state index contributed by atoms with van der Waals surface area (Å²) in [6.45, 7) is 2.02. The van der Waals surface area contributed by atoms with Crippen molar-refractivity contribution in [3.8, 4) is 11.3 Å². The Labute approximate surface area is 108 Å². The summed E-state index contributed by atoms with van der Waals surface area (Å²) in [5.74, 6) is 0.206. The second-order valence-electron chi connectivity index (χ2n) is 3.87. The molecule has 0 spiro atoms. The van der Waals surface area contributed by atoms with Gasteiger partial charge in [-0.05, 0) is 40.0 Å². The van der Waals surface area contributed by atoms with E-state index in [2.05, 4.69) is 21.0 Å². The van der Waals surface area contributed by atoms with Crippen molar-refractivity contribution >= 4 is 21.7 Å². The van der Waals surface area contributed by atoms with E-state index in [1.165, 1.54) is 4.68 Å². The Hall–Kier alpha value is -1.36. The first-order chi connectivity index (χ1) is 8.02. The maximum absolute atomic E-state index is 14.0. The number of nitrogen functional groups attached to an aromatic ring is 1. The van der Waals surface area contributed by atoms with Gasteiger partial charge in [0.25, 0.3) is 0 Å². The van der Waals surface area contributed by atoms with Gasteiger partial charge in [-0.3, -0.25) is 4.68 Å². The molecule has 17 heavy (non-hydrogen) atoms. The summed E-state index contributed by atoms with van der Waals surface area (Å²) >= 11 is 3.22. The number of anilines is 1. The number of aromatic nitrogens is 2. The molecule has 90 valence electrons. The van der Waals surface area contributed by atoms with E-state index in [1.807, 2.05) is 13.0 Å². The van der Waals surface area contributed by atoms with Crippen LogP contribution in [0.2, 0.25) is 0 Å². The van der Waals surface area contributed by atoms with Gasteiger partial charge in [-0.2, -0.15) is 5.10 Å². The predicted molar refractivity (Wildman–Crippen MR) is 70.1 cm³/mol. The van der Waals surface area contributed by atoms with Crippen molar-refractivity contribution in [2.75, 3.05) is 5.73 Å². The van der Waals surface area contributed by atoms with E-state index in [0.717, 1.165) is 12.0 Å². The normalized spacial score (nSPS) is 10.8. The molecule has 1 heterocycles. The van der Waals surface area contributed by atoms with Crippen LogP contribution in [0, 0.1) is 5.82 Å². The summed E-state index contributed by atoms with van der Waals surface area (Å²) in [6.07, 6.45) is 0.841. The van der Waals surface area contributed by atoms with Crippen LogP contribution in [0.15, 0.2) is 22.7 Å². The summed E-state index contributed by atoms with van der Waals surface area (Å²) in [5, 5.41) is 4.19. The minimum Gasteiger partial charge on any atom is -0.384 e. The molecule has 0 saturated carbocycles. The van der Waals surface area contributed by atoms with Crippen molar-refractivity contribution in [2.24, 2.45) is 7.05 Å². The van der Waals surface area contributed by atoms with Gasteiger partial charge < -0.3 is 5.73 Å². The van der Waals surface area contributed by atoms with Crippen LogP contribution in [0.25, 0.3) is 11.3 Å². The lowest BCUT2D eigenvalue weighted by Crippen LogP contribution is -1.97. The third kappa shape index (κ3) is 2.20. The third-order valence-corrected chi connectivity index (χ3v) is 3.27. The highest BCUT2D eigenvalue weighted by Gasteiger charge is 2.13. The van der Waals surface area contributed by atoms with Crippen LogP contribution in [0.3, 0.4) is 0 Å². The van der Waals surface area contributed by atoms with Crippen molar-refractivity contribution in [1.29, 1.82) is 0 Å². The molecule has 0 atom stereocenters. The Balaban J connectivity index is 2.61. The van der Waals surface area contributed by atoms with E-state index in [-0.39, 0.29) is 5.82 Å². The topological polar surface area (TPSA) is 43.8 Å². The Morgan fingerprint density at radius 2 is 2.12 bits per heavy atom. The van der Waals surface area contributed by atoms with Crippen molar-refractivity contribution in [3.63, 3.8) is 0 Å². The van der Waals surface area contributed by atoms with Crippen LogP contribution in [-0.4, -0.2) is 9.78 Å². The lowest BCUT2D eigenvalue weighted by molar-refractivity contribution is 0.622. The van der Waals surface area contributed by atoms with Crippen LogP contribution >= 0.6 is 15.9 Å². The molecule has 2 aromatic rings. The standard InChI is InChI=1S/C12H13BrFN3/c1-3-7-4-8(12(14)9(13)5-7)10-6-11(15)17(2)16-10/h4-6H,3,15H2,1-2H3. The van der Waals surface area contributed by atoms with Crippen molar-refractivity contribution in [2.45, 2.75) is 13.3 Å². The Kier molecular flexibility index (Phi) is 3.19. The van der Waals surface area contributed by atoms with E-state index < -0.39 is 0 Å². The van der Waals surface area contributed by atoms with Crippen molar-refractivity contribution < 1.29 is 4.39 Å². The molecule has 3 nitrogen and oxygen atoms in total. The number of hydrogen-bond donors (Lipinski definition) is 1. The molecule has 1 aromatic heterocycles. The monoisotopic (exact) mass is 297 g/mol. The van der Waals surface area contributed by atoms with Gasteiger partial charge >= 0.3 is 0 Å². The first-order valence-electron chi connectivity index (χ1n) is 5.30. The molecule has 2 rings (SSSR count). The number of aryl methyl sites for hydroxylation is 2. The number of nitrogens with two attached hydrogens (primary N) is 1. The molecule has 0 aliphatic carbocycles. The molecule has 5 heteroatoms. The fraction of sp³-hybridized carbons (Fsp3) is 0.250. The van der Waals surface area contributed by atoms with Gasteiger partial charge in [0.2, 0.25) is 0 Å². The lowest BCUT2D eigenvalue weighted by Gasteiger charge is -2.05. The fourth-order valence-electron chi connectivity index (χ4n) is 1.65. The molecule has 0 amide bonds. The van der Waals surface area contributed by atoms with Gasteiger partial charge in [0.1, 0.15) is 11.6 Å². The smallest absolute Gasteiger partial charge is 0.146 e. The third-order valence-electron chi connectivity index (χ3n) is 2.69. The van der Waals surface area contributed by atoms with Crippen LogP contribution in [0.5, 0.6) is 0 Å². The maximum Gasteiger partial charge on any atom is 0.146 e. The second-order valence-corrected chi connectivity index (χ2v) is 4.73. The predicted octanol–water partition coefficient (Wildman–Crippen LogP) is 3.13. The lowest BCUT2D eigenvalue weighted by atomic mass is 10.1. The zero-order valence-electron chi connectivity index (χ0n) is 9.67. The van der Waals surface area contributed by atoms with Crippen molar-refractivity contribution in [3.05, 3.63) is 34.1 Å². The number of nitrogens with zero attached hydrogens (tertiary/aromatic N) is 2. The zero-order valence-corrected chi connectivity index (χ0v) is 11.3. The molecule has 0 fully saturated rings. The molecule has 0 saturated heterocycles. The minimum atomic E-state index is -0.305. The first kappa shape index (κ1) is 12.1. The van der Waals surface area contributed by atoms with Crippen LogP contribution in [0.1, 0.15) is 12.5 Å². The van der Waals surface area contributed by atoms with E-state index in [0.29, 0.717) is 21.5 Å². The highest BCUT2D eigenvalue weighted by atomic mass is 79.9. The largest absolute Gasteiger partial charge is 0.384 e. The first-order valence-corrected chi connectivity index (χ1v) is 6.10. The van der Waals surface area contributed by atoms with E-state index >= 15 is 0 Å². The molecule has 0 aliphatic heterocycles. The zero-order chi connectivity index (χ0) is 12.6. The summed E-state index contributed by atoms with van der Waals surface area (Å²) in [4.78, 5) is 0. The van der Waals surface area contributed by atoms with Gasteiger partial charge in [0.05, 0.1) is 10.2 Å². The minimum absolute atomic E-state index is 0.305. The van der Waals surface area contributed by atoms with Crippen molar-refractivity contribution in [1.82, 2.24) is 9.78 Å². The van der Waals surface area contributed by atoms with Crippen LogP contribution in [-0.2, 0) is 13.5 Å². The van der Waals surface area contributed by atoms with E-state index in [9.17, 15) is 4.39 Å². The van der Waals surface area contributed by atoms with Gasteiger partial charge in [-0.25, -0.2) is 4.39 Å². The highest BCUT2D eigenvalue weighted by molar-refractivity contribution is 9.10. The summed E-state index contributed by atoms with van der Waals surface area (Å²) < 4.78 is 16.0. The number of halogens is 2. The number of hydrogen-bond acceptors (Lipinski definition) is 2. The fourth-order valence-corrected chi connectivity index (χ4v) is 2.16. The SMILES string of the molecule is CCc1cc(Br)c(F)c(-c2cc(N)n(C)n2)c1. The molecule has 1 aromatic carbocycles. The molecule has 0 bridgehead atoms. The van der Waals surface area contributed by atoms with Gasteiger partial charge in [0.15, 0.2) is 0 Å². The average molecular weight is 298 g/mol. The van der Waals surface area contributed by atoms with Gasteiger partial charge in [0, 0.05) is 18.7 Å². The maximum atomic E-state index is 14.0. The molecular formula is C12H13BrFN3. The Bertz CT molecular complexity index is 544. The molecule has 0 unspecified atom stereocenters. The average Bonchev–Trinajstić information content (AvgIpc) is 2.62. The number of rotatable bonds is 2. The quantitative estimate of drug-likeness (QED) is 0.925. The van der Waals surface area contributed by atoms with Crippen LogP contribution < -0.4 is 5.73 Å². The second kappa shape index (κ2) is 4.49. The van der Waals surface area contributed by atoms with E-state index in [1.54, 1.807) is 19.2 Å². The van der Waals surface area contributed by atoms with Gasteiger partial charge in [-0.1, -0.05) is 6.92 Å². The molecule has 0 aliphatic rings. The summed E-state index contributed by atoms with van der Waals surface area (Å²) in [7, 11) is 1.73. The molecule has 2 N–H and O–H groups in total. The van der Waals surface area contributed by atoms with Gasteiger partial charge in [-0.15, -0.1) is 0 Å². The highest BCUT2D eigenvalue weighted by Crippen LogP contribution is 2.29. The summed E-state index contributed by atoms with van der Waals surface area (Å²) in [5.41, 5.74) is 7.79. The van der Waals surface area contributed by atoms with Crippen LogP contribution in [0.4, 0.5) is 10.2 Å². The molecule has 0 radical (unpaired) electrons.